The minimum Gasteiger partial charge on any atom is -0.355 e. The van der Waals surface area contributed by atoms with Crippen molar-refractivity contribution in [2.24, 2.45) is 0 Å². The maximum absolute atomic E-state index is 11.8. The fourth-order valence-corrected chi connectivity index (χ4v) is 2.81. The third kappa shape index (κ3) is 4.90. The molecule has 0 unspecified atom stereocenters. The Kier molecular flexibility index (Phi) is 5.88. The van der Waals surface area contributed by atoms with E-state index < -0.39 is 0 Å². The van der Waals surface area contributed by atoms with Crippen LogP contribution in [-0.2, 0) is 16.0 Å². The fourth-order valence-electron chi connectivity index (χ4n) is 2.33. The smallest absolute Gasteiger partial charge is 0.224 e. The lowest BCUT2D eigenvalue weighted by atomic mass is 10.1. The number of hydrogen-bond acceptors (Lipinski definition) is 2. The molecule has 4 nitrogen and oxygen atoms in total. The second-order valence-corrected chi connectivity index (χ2v) is 5.94. The summed E-state index contributed by atoms with van der Waals surface area (Å²) in [4.78, 5) is 25.5. The van der Waals surface area contributed by atoms with E-state index >= 15 is 0 Å². The SMILES string of the molecule is O=C(Cc1ccc(Cl)cc1Cl)NCCC(=O)N1CCCC1. The summed E-state index contributed by atoms with van der Waals surface area (Å²) in [7, 11) is 0. The van der Waals surface area contributed by atoms with Gasteiger partial charge >= 0.3 is 0 Å². The molecule has 21 heavy (non-hydrogen) atoms. The topological polar surface area (TPSA) is 49.4 Å². The maximum atomic E-state index is 11.8. The molecule has 6 heteroatoms. The zero-order valence-electron chi connectivity index (χ0n) is 11.7. The number of carbonyl (C=O) groups is 2. The minimum atomic E-state index is -0.145. The number of hydrogen-bond donors (Lipinski definition) is 1. The average molecular weight is 329 g/mol. The first kappa shape index (κ1) is 16.1. The van der Waals surface area contributed by atoms with Crippen molar-refractivity contribution in [2.45, 2.75) is 25.7 Å². The van der Waals surface area contributed by atoms with Gasteiger partial charge in [-0.2, -0.15) is 0 Å². The van der Waals surface area contributed by atoms with Crippen molar-refractivity contribution < 1.29 is 9.59 Å². The first-order valence-electron chi connectivity index (χ1n) is 7.04. The van der Waals surface area contributed by atoms with Crippen molar-refractivity contribution in [3.8, 4) is 0 Å². The number of halogens is 2. The third-order valence-corrected chi connectivity index (χ3v) is 4.07. The monoisotopic (exact) mass is 328 g/mol. The molecule has 2 rings (SSSR count). The van der Waals surface area contributed by atoms with Gasteiger partial charge in [-0.3, -0.25) is 9.59 Å². The molecule has 1 aliphatic rings. The zero-order chi connectivity index (χ0) is 15.2. The molecule has 1 aromatic carbocycles. The molecule has 0 saturated carbocycles. The predicted molar refractivity (Wildman–Crippen MR) is 83.6 cm³/mol. The molecule has 1 aromatic rings. The first-order valence-corrected chi connectivity index (χ1v) is 7.80. The molecule has 1 saturated heterocycles. The summed E-state index contributed by atoms with van der Waals surface area (Å²) in [6.07, 6.45) is 2.69. The quantitative estimate of drug-likeness (QED) is 0.903. The highest BCUT2D eigenvalue weighted by molar-refractivity contribution is 6.35. The Bertz CT molecular complexity index is 528. The molecule has 0 aliphatic carbocycles. The van der Waals surface area contributed by atoms with E-state index in [2.05, 4.69) is 5.32 Å². The summed E-state index contributed by atoms with van der Waals surface area (Å²) in [6.45, 7) is 2.04. The van der Waals surface area contributed by atoms with E-state index in [0.29, 0.717) is 23.0 Å². The Hall–Kier alpha value is -1.26. The molecule has 1 heterocycles. The Balaban J connectivity index is 1.73. The predicted octanol–water partition coefficient (Wildman–Crippen LogP) is 2.66. The minimum absolute atomic E-state index is 0.109. The lowest BCUT2D eigenvalue weighted by Crippen LogP contribution is -2.33. The summed E-state index contributed by atoms with van der Waals surface area (Å²) in [5, 5.41) is 3.77. The molecule has 114 valence electrons. The van der Waals surface area contributed by atoms with Gasteiger partial charge in [0.15, 0.2) is 0 Å². The number of benzene rings is 1. The van der Waals surface area contributed by atoms with Crippen LogP contribution in [0.2, 0.25) is 10.0 Å². The highest BCUT2D eigenvalue weighted by atomic mass is 35.5. The standard InChI is InChI=1S/C15H18Cl2N2O2/c16-12-4-3-11(13(17)10-12)9-14(20)18-6-5-15(21)19-7-1-2-8-19/h3-4,10H,1-2,5-9H2,(H,18,20). The molecule has 0 bridgehead atoms. The van der Waals surface area contributed by atoms with Gasteiger partial charge < -0.3 is 10.2 Å². The van der Waals surface area contributed by atoms with Crippen LogP contribution in [-0.4, -0.2) is 36.3 Å². The molecule has 0 radical (unpaired) electrons. The Morgan fingerprint density at radius 1 is 1.19 bits per heavy atom. The van der Waals surface area contributed by atoms with Gasteiger partial charge in [0.1, 0.15) is 0 Å². The zero-order valence-corrected chi connectivity index (χ0v) is 13.2. The highest BCUT2D eigenvalue weighted by Gasteiger charge is 2.17. The Labute approximate surface area is 134 Å². The van der Waals surface area contributed by atoms with Gasteiger partial charge in [-0.1, -0.05) is 29.3 Å². The van der Waals surface area contributed by atoms with Crippen molar-refractivity contribution in [1.82, 2.24) is 10.2 Å². The summed E-state index contributed by atoms with van der Waals surface area (Å²) in [5.74, 6) is -0.0363. The Morgan fingerprint density at radius 2 is 1.90 bits per heavy atom. The summed E-state index contributed by atoms with van der Waals surface area (Å²) in [6, 6.07) is 5.05. The number of nitrogens with zero attached hydrogens (tertiary/aromatic N) is 1. The molecule has 0 aromatic heterocycles. The number of likely N-dealkylation sites (tertiary alicyclic amines) is 1. The molecule has 1 N–H and O–H groups in total. The van der Waals surface area contributed by atoms with Gasteiger partial charge in [-0.15, -0.1) is 0 Å². The third-order valence-electron chi connectivity index (χ3n) is 3.49. The van der Waals surface area contributed by atoms with Crippen LogP contribution in [0.3, 0.4) is 0 Å². The normalized spacial score (nSPS) is 14.3. The lowest BCUT2D eigenvalue weighted by Gasteiger charge is -2.15. The van der Waals surface area contributed by atoms with Crippen LogP contribution in [0.4, 0.5) is 0 Å². The van der Waals surface area contributed by atoms with Crippen LogP contribution in [0.15, 0.2) is 18.2 Å². The van der Waals surface area contributed by atoms with E-state index in [1.54, 1.807) is 18.2 Å². The van der Waals surface area contributed by atoms with E-state index in [0.717, 1.165) is 31.5 Å². The summed E-state index contributed by atoms with van der Waals surface area (Å²) < 4.78 is 0. The maximum Gasteiger partial charge on any atom is 0.224 e. The van der Waals surface area contributed by atoms with E-state index in [9.17, 15) is 9.59 Å². The van der Waals surface area contributed by atoms with Crippen LogP contribution >= 0.6 is 23.2 Å². The first-order chi connectivity index (χ1) is 10.1. The number of carbonyl (C=O) groups excluding carboxylic acids is 2. The van der Waals surface area contributed by atoms with Gasteiger partial charge in [0.2, 0.25) is 11.8 Å². The van der Waals surface area contributed by atoms with Crippen molar-refractivity contribution in [1.29, 1.82) is 0 Å². The van der Waals surface area contributed by atoms with Crippen molar-refractivity contribution in [3.63, 3.8) is 0 Å². The molecule has 0 atom stereocenters. The van der Waals surface area contributed by atoms with E-state index in [-0.39, 0.29) is 18.2 Å². The van der Waals surface area contributed by atoms with Crippen LogP contribution in [0.25, 0.3) is 0 Å². The molecular weight excluding hydrogens is 311 g/mol. The van der Waals surface area contributed by atoms with E-state index in [1.165, 1.54) is 0 Å². The van der Waals surface area contributed by atoms with Gasteiger partial charge in [0, 0.05) is 36.1 Å². The molecular formula is C15H18Cl2N2O2. The molecule has 1 fully saturated rings. The lowest BCUT2D eigenvalue weighted by molar-refractivity contribution is -0.130. The molecule has 0 spiro atoms. The van der Waals surface area contributed by atoms with Crippen molar-refractivity contribution in [2.75, 3.05) is 19.6 Å². The number of amides is 2. The van der Waals surface area contributed by atoms with Crippen LogP contribution in [0, 0.1) is 0 Å². The van der Waals surface area contributed by atoms with Crippen LogP contribution in [0.1, 0.15) is 24.8 Å². The summed E-state index contributed by atoms with van der Waals surface area (Å²) in [5.41, 5.74) is 0.726. The van der Waals surface area contributed by atoms with Crippen LogP contribution < -0.4 is 5.32 Å². The van der Waals surface area contributed by atoms with Gasteiger partial charge in [-0.05, 0) is 30.5 Å². The number of rotatable bonds is 5. The van der Waals surface area contributed by atoms with E-state index in [1.807, 2.05) is 4.90 Å². The van der Waals surface area contributed by atoms with Crippen molar-refractivity contribution in [3.05, 3.63) is 33.8 Å². The second-order valence-electron chi connectivity index (χ2n) is 5.10. The highest BCUT2D eigenvalue weighted by Crippen LogP contribution is 2.21. The van der Waals surface area contributed by atoms with Gasteiger partial charge in [0.05, 0.1) is 6.42 Å². The van der Waals surface area contributed by atoms with Crippen molar-refractivity contribution >= 4 is 35.0 Å². The molecule has 1 aliphatic heterocycles. The van der Waals surface area contributed by atoms with Crippen LogP contribution in [0.5, 0.6) is 0 Å². The molecule has 2 amide bonds. The van der Waals surface area contributed by atoms with Gasteiger partial charge in [0.25, 0.3) is 0 Å². The fraction of sp³-hybridized carbons (Fsp3) is 0.467. The Morgan fingerprint density at radius 3 is 2.57 bits per heavy atom. The second kappa shape index (κ2) is 7.66. The number of nitrogens with one attached hydrogen (secondary N) is 1. The van der Waals surface area contributed by atoms with E-state index in [4.69, 9.17) is 23.2 Å². The van der Waals surface area contributed by atoms with Gasteiger partial charge in [-0.25, -0.2) is 0 Å². The summed E-state index contributed by atoms with van der Waals surface area (Å²) >= 11 is 11.8. The average Bonchev–Trinajstić information content (AvgIpc) is 2.96. The largest absolute Gasteiger partial charge is 0.355 e.